The zero-order chi connectivity index (χ0) is 30.3. The SMILES string of the molecule is NCCCC(N)C(=O)O.NCCc1ccccc1.O=C(O)C1CCCCC1.O=Cc1ccc(-c2ccccc2)cc1. The summed E-state index contributed by atoms with van der Waals surface area (Å²) in [5.74, 6) is -1.59. The lowest BCUT2D eigenvalue weighted by molar-refractivity contribution is -0.142. The first-order valence-corrected chi connectivity index (χ1v) is 14.1. The maximum Gasteiger partial charge on any atom is 0.320 e. The molecular weight excluding hydrogens is 518 g/mol. The summed E-state index contributed by atoms with van der Waals surface area (Å²) >= 11 is 0. The van der Waals surface area contributed by atoms with Crippen molar-refractivity contribution in [2.24, 2.45) is 23.1 Å². The smallest absolute Gasteiger partial charge is 0.320 e. The van der Waals surface area contributed by atoms with Crippen molar-refractivity contribution in [1.82, 2.24) is 0 Å². The summed E-state index contributed by atoms with van der Waals surface area (Å²) < 4.78 is 0. The van der Waals surface area contributed by atoms with Gasteiger partial charge in [-0.3, -0.25) is 14.4 Å². The minimum atomic E-state index is -0.955. The van der Waals surface area contributed by atoms with E-state index in [2.05, 4.69) is 24.3 Å². The van der Waals surface area contributed by atoms with E-state index in [-0.39, 0.29) is 5.92 Å². The molecule has 0 heterocycles. The zero-order valence-electron chi connectivity index (χ0n) is 23.7. The Kier molecular flexibility index (Phi) is 18.8. The van der Waals surface area contributed by atoms with E-state index in [0.29, 0.717) is 24.9 Å². The summed E-state index contributed by atoms with van der Waals surface area (Å²) in [4.78, 5) is 30.8. The lowest BCUT2D eigenvalue weighted by Crippen LogP contribution is -2.30. The maximum atomic E-state index is 10.5. The normalized spacial score (nSPS) is 13.0. The first-order valence-electron chi connectivity index (χ1n) is 14.1. The van der Waals surface area contributed by atoms with E-state index in [1.165, 1.54) is 17.5 Å². The van der Waals surface area contributed by atoms with E-state index in [0.717, 1.165) is 50.5 Å². The van der Waals surface area contributed by atoms with Crippen LogP contribution in [0.5, 0.6) is 0 Å². The van der Waals surface area contributed by atoms with Crippen LogP contribution in [0.3, 0.4) is 0 Å². The van der Waals surface area contributed by atoms with Gasteiger partial charge in [0.2, 0.25) is 0 Å². The lowest BCUT2D eigenvalue weighted by Gasteiger charge is -2.16. The van der Waals surface area contributed by atoms with Crippen molar-refractivity contribution < 1.29 is 24.6 Å². The Labute approximate surface area is 243 Å². The largest absolute Gasteiger partial charge is 0.481 e. The molecule has 8 heteroatoms. The van der Waals surface area contributed by atoms with Crippen LogP contribution in [0.1, 0.15) is 60.9 Å². The molecule has 0 amide bonds. The molecule has 1 aliphatic rings. The molecule has 0 radical (unpaired) electrons. The van der Waals surface area contributed by atoms with Gasteiger partial charge in [-0.15, -0.1) is 0 Å². The van der Waals surface area contributed by atoms with Crippen LogP contribution in [0.2, 0.25) is 0 Å². The number of rotatable bonds is 9. The quantitative estimate of drug-likeness (QED) is 0.223. The van der Waals surface area contributed by atoms with E-state index in [4.69, 9.17) is 27.4 Å². The van der Waals surface area contributed by atoms with Crippen molar-refractivity contribution in [2.45, 2.75) is 57.4 Å². The Morgan fingerprint density at radius 1 is 0.780 bits per heavy atom. The minimum Gasteiger partial charge on any atom is -0.481 e. The van der Waals surface area contributed by atoms with Crippen molar-refractivity contribution in [1.29, 1.82) is 0 Å². The van der Waals surface area contributed by atoms with E-state index in [1.54, 1.807) is 0 Å². The number of aldehydes is 1. The molecule has 1 aliphatic carbocycles. The summed E-state index contributed by atoms with van der Waals surface area (Å²) in [6.45, 7) is 1.24. The second-order valence-corrected chi connectivity index (χ2v) is 9.68. The number of hydrogen-bond donors (Lipinski definition) is 5. The number of benzene rings is 3. The van der Waals surface area contributed by atoms with Crippen molar-refractivity contribution >= 4 is 18.2 Å². The molecule has 1 atom stereocenters. The number of carbonyl (C=O) groups excluding carboxylic acids is 1. The Morgan fingerprint density at radius 2 is 1.32 bits per heavy atom. The van der Waals surface area contributed by atoms with Gasteiger partial charge in [-0.1, -0.05) is 104 Å². The molecule has 3 aromatic rings. The average Bonchev–Trinajstić information content (AvgIpc) is 3.02. The van der Waals surface area contributed by atoms with Gasteiger partial charge in [0, 0.05) is 5.56 Å². The van der Waals surface area contributed by atoms with Crippen LogP contribution in [-0.2, 0) is 16.0 Å². The summed E-state index contributed by atoms with van der Waals surface area (Å²) in [6.07, 6.45) is 8.22. The van der Waals surface area contributed by atoms with Gasteiger partial charge in [0.25, 0.3) is 0 Å². The van der Waals surface area contributed by atoms with Gasteiger partial charge < -0.3 is 27.4 Å². The number of nitrogens with two attached hydrogens (primary N) is 3. The van der Waals surface area contributed by atoms with E-state index < -0.39 is 18.0 Å². The number of aliphatic carboxylic acids is 2. The highest BCUT2D eigenvalue weighted by Crippen LogP contribution is 2.23. The molecule has 8 N–H and O–H groups in total. The molecule has 4 rings (SSSR count). The van der Waals surface area contributed by atoms with Crippen LogP contribution >= 0.6 is 0 Å². The fourth-order valence-electron chi connectivity index (χ4n) is 4.01. The Bertz CT molecular complexity index is 1100. The van der Waals surface area contributed by atoms with Crippen molar-refractivity contribution in [2.75, 3.05) is 13.1 Å². The molecule has 0 aliphatic heterocycles. The molecule has 0 aromatic heterocycles. The first-order chi connectivity index (χ1) is 19.8. The van der Waals surface area contributed by atoms with Gasteiger partial charge in [-0.25, -0.2) is 0 Å². The van der Waals surface area contributed by atoms with Crippen LogP contribution in [0.15, 0.2) is 84.9 Å². The monoisotopic (exact) mass is 563 g/mol. The maximum absolute atomic E-state index is 10.5. The predicted molar refractivity (Wildman–Crippen MR) is 165 cm³/mol. The Morgan fingerprint density at radius 3 is 1.76 bits per heavy atom. The van der Waals surface area contributed by atoms with Gasteiger partial charge in [-0.05, 0) is 61.9 Å². The van der Waals surface area contributed by atoms with Crippen molar-refractivity contribution in [3.8, 4) is 11.1 Å². The number of carbonyl (C=O) groups is 3. The molecule has 222 valence electrons. The molecule has 0 saturated heterocycles. The average molecular weight is 564 g/mol. The molecular formula is C33H45N3O5. The Balaban J connectivity index is 0.000000280. The van der Waals surface area contributed by atoms with E-state index >= 15 is 0 Å². The highest BCUT2D eigenvalue weighted by atomic mass is 16.4. The lowest BCUT2D eigenvalue weighted by atomic mass is 9.90. The highest BCUT2D eigenvalue weighted by molar-refractivity contribution is 5.77. The van der Waals surface area contributed by atoms with Gasteiger partial charge in [0.1, 0.15) is 12.3 Å². The molecule has 3 aromatic carbocycles. The summed E-state index contributed by atoms with van der Waals surface area (Å²) in [5, 5.41) is 16.8. The van der Waals surface area contributed by atoms with Crippen LogP contribution in [0, 0.1) is 5.92 Å². The fraction of sp³-hybridized carbons (Fsp3) is 0.364. The highest BCUT2D eigenvalue weighted by Gasteiger charge is 2.19. The molecule has 8 nitrogen and oxygen atoms in total. The molecule has 0 bridgehead atoms. The van der Waals surface area contributed by atoms with Gasteiger partial charge in [-0.2, -0.15) is 0 Å². The third-order valence-electron chi connectivity index (χ3n) is 6.42. The molecule has 1 unspecified atom stereocenters. The van der Waals surface area contributed by atoms with Crippen molar-refractivity contribution in [3.63, 3.8) is 0 Å². The number of hydrogen-bond acceptors (Lipinski definition) is 6. The van der Waals surface area contributed by atoms with Crippen LogP contribution < -0.4 is 17.2 Å². The molecule has 0 spiro atoms. The van der Waals surface area contributed by atoms with E-state index in [1.807, 2.05) is 60.7 Å². The third kappa shape index (κ3) is 16.1. The molecule has 41 heavy (non-hydrogen) atoms. The zero-order valence-corrected chi connectivity index (χ0v) is 23.7. The van der Waals surface area contributed by atoms with Gasteiger partial charge >= 0.3 is 11.9 Å². The van der Waals surface area contributed by atoms with Crippen LogP contribution in [-0.4, -0.2) is 47.6 Å². The number of carboxylic acids is 2. The third-order valence-corrected chi connectivity index (χ3v) is 6.42. The molecule has 1 fully saturated rings. The second-order valence-electron chi connectivity index (χ2n) is 9.68. The van der Waals surface area contributed by atoms with Gasteiger partial charge in [0.05, 0.1) is 5.92 Å². The number of carboxylic acid groups (broad SMARTS) is 2. The standard InChI is InChI=1S/C13H10O.C8H11N.C7H12O2.C5H12N2O2/c14-10-11-6-8-13(9-7-11)12-4-2-1-3-5-12;9-7-6-8-4-2-1-3-5-8;8-7(9)6-4-2-1-3-5-6;6-3-1-2-4(7)5(8)9/h1-10H;1-5H,6-7,9H2;6H,1-5H2,(H,8,9);4H,1-3,6-7H2,(H,8,9). The van der Waals surface area contributed by atoms with Crippen LogP contribution in [0.25, 0.3) is 11.1 Å². The first kappa shape index (κ1) is 35.2. The second kappa shape index (κ2) is 21.9. The summed E-state index contributed by atoms with van der Waals surface area (Å²) in [5.41, 5.74) is 20.0. The summed E-state index contributed by atoms with van der Waals surface area (Å²) in [6, 6.07) is 27.2. The van der Waals surface area contributed by atoms with Crippen molar-refractivity contribution in [3.05, 3.63) is 96.1 Å². The minimum absolute atomic E-state index is 0.0289. The van der Waals surface area contributed by atoms with E-state index in [9.17, 15) is 14.4 Å². The molecule has 1 saturated carbocycles. The van der Waals surface area contributed by atoms with Crippen LogP contribution in [0.4, 0.5) is 0 Å². The summed E-state index contributed by atoms with van der Waals surface area (Å²) in [7, 11) is 0. The topological polar surface area (TPSA) is 170 Å². The van der Waals surface area contributed by atoms with Gasteiger partial charge in [0.15, 0.2) is 0 Å². The fourth-order valence-corrected chi connectivity index (χ4v) is 4.01. The Hall–Kier alpha value is -3.85. The predicted octanol–water partition coefficient (Wildman–Crippen LogP) is 5.14.